The second-order valence-corrected chi connectivity index (χ2v) is 6.68. The maximum Gasteiger partial charge on any atom is 0.459 e. The molecule has 0 amide bonds. The van der Waals surface area contributed by atoms with E-state index in [2.05, 4.69) is 0 Å². The largest absolute Gasteiger partial charge is 0.459 e. The third-order valence-electron chi connectivity index (χ3n) is 4.03. The Labute approximate surface area is 142 Å². The fourth-order valence-electron chi connectivity index (χ4n) is 2.50. The van der Waals surface area contributed by atoms with E-state index < -0.39 is 30.0 Å². The fourth-order valence-corrected chi connectivity index (χ4v) is 2.50. The number of ether oxygens (including phenoxy) is 1. The zero-order valence-corrected chi connectivity index (χ0v) is 14.4. The second-order valence-electron chi connectivity index (χ2n) is 6.68. The van der Waals surface area contributed by atoms with Gasteiger partial charge in [0.2, 0.25) is 0 Å². The number of methoxy groups -OCH3 is 1. The Kier molecular flexibility index (Phi) is 6.20. The van der Waals surface area contributed by atoms with Crippen LogP contribution in [-0.2, 0) is 16.8 Å². The minimum Gasteiger partial charge on any atom is -0.374 e. The topological polar surface area (TPSA) is 9.23 Å². The van der Waals surface area contributed by atoms with Gasteiger partial charge in [-0.2, -0.15) is 30.7 Å². The van der Waals surface area contributed by atoms with E-state index in [0.29, 0.717) is 12.3 Å². The maximum absolute atomic E-state index is 13.8. The van der Waals surface area contributed by atoms with Crippen LogP contribution in [0, 0.1) is 5.92 Å². The van der Waals surface area contributed by atoms with Crippen molar-refractivity contribution >= 4 is 0 Å². The molecule has 1 rings (SSSR count). The van der Waals surface area contributed by atoms with Crippen molar-refractivity contribution in [1.29, 1.82) is 0 Å². The van der Waals surface area contributed by atoms with Crippen molar-refractivity contribution in [2.24, 2.45) is 5.92 Å². The van der Waals surface area contributed by atoms with Crippen LogP contribution in [0.1, 0.15) is 38.3 Å². The molecule has 8 heteroatoms. The number of hydrogen-bond acceptors (Lipinski definition) is 1. The summed E-state index contributed by atoms with van der Waals surface area (Å²) in [6, 6.07) is 6.05. The lowest BCUT2D eigenvalue weighted by molar-refractivity contribution is -0.361. The van der Waals surface area contributed by atoms with Crippen molar-refractivity contribution in [3.05, 3.63) is 35.4 Å². The smallest absolute Gasteiger partial charge is 0.374 e. The van der Waals surface area contributed by atoms with Crippen LogP contribution in [0.5, 0.6) is 0 Å². The summed E-state index contributed by atoms with van der Waals surface area (Å²) in [6.07, 6.45) is -7.45. The summed E-state index contributed by atoms with van der Waals surface area (Å²) in [7, 11) is 0.990. The molecule has 1 aromatic carbocycles. The van der Waals surface area contributed by atoms with Gasteiger partial charge in [0.25, 0.3) is 0 Å². The molecule has 0 saturated heterocycles. The Morgan fingerprint density at radius 2 is 1.40 bits per heavy atom. The lowest BCUT2D eigenvalue weighted by Crippen LogP contribution is -2.54. The van der Waals surface area contributed by atoms with E-state index in [4.69, 9.17) is 4.74 Å². The van der Waals surface area contributed by atoms with Crippen molar-refractivity contribution in [3.63, 3.8) is 0 Å². The van der Waals surface area contributed by atoms with Crippen LogP contribution in [0.2, 0.25) is 0 Å². The molecule has 0 aromatic heterocycles. The van der Waals surface area contributed by atoms with Gasteiger partial charge >= 0.3 is 18.0 Å². The van der Waals surface area contributed by atoms with Crippen molar-refractivity contribution in [3.8, 4) is 0 Å². The van der Waals surface area contributed by atoms with Gasteiger partial charge in [-0.25, -0.2) is 0 Å². The Hall–Kier alpha value is -1.31. The number of alkyl halides is 7. The van der Waals surface area contributed by atoms with Gasteiger partial charge in [0, 0.05) is 7.11 Å². The Morgan fingerprint density at radius 1 is 0.920 bits per heavy atom. The average molecular weight is 374 g/mol. The fraction of sp³-hybridized carbons (Fsp3) is 0.647. The predicted octanol–water partition coefficient (Wildman–Crippen LogP) is 5.97. The molecule has 1 atom stereocenters. The van der Waals surface area contributed by atoms with Crippen LogP contribution < -0.4 is 0 Å². The molecule has 1 unspecified atom stereocenters. The minimum absolute atomic E-state index is 0.0974. The van der Waals surface area contributed by atoms with Crippen LogP contribution in [0.25, 0.3) is 0 Å². The SMILES string of the molecule is COC(C)(CC(F)(F)C(F)(F)C(F)(F)F)c1ccc(CC(C)C)cc1. The van der Waals surface area contributed by atoms with Gasteiger partial charge in [-0.15, -0.1) is 0 Å². The van der Waals surface area contributed by atoms with Gasteiger partial charge in [-0.1, -0.05) is 38.1 Å². The molecule has 0 N–H and O–H groups in total. The van der Waals surface area contributed by atoms with Crippen molar-refractivity contribution in [2.75, 3.05) is 7.11 Å². The molecule has 144 valence electrons. The molecule has 0 aliphatic carbocycles. The molecule has 0 aliphatic rings. The summed E-state index contributed by atoms with van der Waals surface area (Å²) in [4.78, 5) is 0. The highest BCUT2D eigenvalue weighted by Gasteiger charge is 2.73. The Balaban J connectivity index is 3.14. The van der Waals surface area contributed by atoms with E-state index in [0.717, 1.165) is 19.6 Å². The maximum atomic E-state index is 13.8. The molecule has 1 aromatic rings. The summed E-state index contributed by atoms with van der Waals surface area (Å²) in [5.74, 6) is -11.1. The first-order valence-corrected chi connectivity index (χ1v) is 7.63. The third kappa shape index (κ3) is 4.65. The zero-order valence-electron chi connectivity index (χ0n) is 14.4. The molecule has 0 heterocycles. The normalized spacial score (nSPS) is 16.2. The highest BCUT2D eigenvalue weighted by atomic mass is 19.4. The van der Waals surface area contributed by atoms with Crippen molar-refractivity contribution in [1.82, 2.24) is 0 Å². The number of halogens is 7. The Bertz CT molecular complexity index is 563. The molecule has 0 fully saturated rings. The lowest BCUT2D eigenvalue weighted by Gasteiger charge is -2.36. The molecule has 0 spiro atoms. The molecule has 0 saturated carbocycles. The predicted molar refractivity (Wildman–Crippen MR) is 79.9 cm³/mol. The number of rotatable bonds is 7. The van der Waals surface area contributed by atoms with E-state index in [1.165, 1.54) is 12.1 Å². The standard InChI is InChI=1S/C17H21F7O/c1-11(2)9-12-5-7-13(8-6-12)14(3,25-4)10-15(18,19)16(20,21)17(22,23)24/h5-8,11H,9-10H2,1-4H3. The minimum atomic E-state index is -6.35. The van der Waals surface area contributed by atoms with Crippen molar-refractivity contribution in [2.45, 2.75) is 57.2 Å². The second kappa shape index (κ2) is 7.13. The number of benzene rings is 1. The van der Waals surface area contributed by atoms with Gasteiger partial charge in [0.05, 0.1) is 12.0 Å². The molecular formula is C17H21F7O. The van der Waals surface area contributed by atoms with Gasteiger partial charge in [0.1, 0.15) is 0 Å². The molecular weight excluding hydrogens is 353 g/mol. The summed E-state index contributed by atoms with van der Waals surface area (Å²) in [5, 5.41) is 0. The van der Waals surface area contributed by atoms with Crippen LogP contribution >= 0.6 is 0 Å². The molecule has 0 bridgehead atoms. The van der Waals surface area contributed by atoms with Gasteiger partial charge in [0.15, 0.2) is 0 Å². The highest BCUT2D eigenvalue weighted by Crippen LogP contribution is 2.51. The van der Waals surface area contributed by atoms with Crippen LogP contribution in [-0.4, -0.2) is 25.1 Å². The van der Waals surface area contributed by atoms with Gasteiger partial charge in [-0.05, 0) is 30.4 Å². The van der Waals surface area contributed by atoms with E-state index >= 15 is 0 Å². The van der Waals surface area contributed by atoms with Gasteiger partial charge in [-0.3, -0.25) is 0 Å². The first-order valence-electron chi connectivity index (χ1n) is 7.63. The lowest BCUT2D eigenvalue weighted by atomic mass is 9.86. The first kappa shape index (κ1) is 21.7. The van der Waals surface area contributed by atoms with E-state index in [1.807, 2.05) is 13.8 Å². The summed E-state index contributed by atoms with van der Waals surface area (Å²) in [6.45, 7) is 5.02. The summed E-state index contributed by atoms with van der Waals surface area (Å²) < 4.78 is 95.7. The van der Waals surface area contributed by atoms with E-state index in [9.17, 15) is 30.7 Å². The van der Waals surface area contributed by atoms with E-state index in [1.54, 1.807) is 12.1 Å². The van der Waals surface area contributed by atoms with Crippen LogP contribution in [0.15, 0.2) is 24.3 Å². The van der Waals surface area contributed by atoms with Crippen LogP contribution in [0.4, 0.5) is 30.7 Å². The monoisotopic (exact) mass is 374 g/mol. The highest BCUT2D eigenvalue weighted by molar-refractivity contribution is 5.28. The average Bonchev–Trinajstić information content (AvgIpc) is 2.45. The zero-order chi connectivity index (χ0) is 19.7. The number of hydrogen-bond donors (Lipinski definition) is 0. The molecule has 0 radical (unpaired) electrons. The summed E-state index contributed by atoms with van der Waals surface area (Å²) >= 11 is 0. The summed E-state index contributed by atoms with van der Waals surface area (Å²) in [5.41, 5.74) is -1.01. The van der Waals surface area contributed by atoms with E-state index in [-0.39, 0.29) is 5.56 Å². The van der Waals surface area contributed by atoms with Crippen LogP contribution in [0.3, 0.4) is 0 Å². The third-order valence-corrected chi connectivity index (χ3v) is 4.03. The molecule has 25 heavy (non-hydrogen) atoms. The Morgan fingerprint density at radius 3 is 1.76 bits per heavy atom. The molecule has 0 aliphatic heterocycles. The molecule has 1 nitrogen and oxygen atoms in total. The first-order chi connectivity index (χ1) is 11.2. The quantitative estimate of drug-likeness (QED) is 0.534. The van der Waals surface area contributed by atoms with Crippen molar-refractivity contribution < 1.29 is 35.5 Å². The van der Waals surface area contributed by atoms with Gasteiger partial charge < -0.3 is 4.74 Å².